The maximum atomic E-state index is 11.1. The molecule has 514 valence electrons. The molecule has 1 aliphatic carbocycles. The zero-order chi connectivity index (χ0) is 66.6. The van der Waals surface area contributed by atoms with E-state index in [1.807, 2.05) is 115 Å². The van der Waals surface area contributed by atoms with Gasteiger partial charge in [0, 0.05) is 67.1 Å². The molecule has 0 bridgehead atoms. The number of rotatable bonds is 0. The number of nitrogens with one attached hydrogen (secondary N) is 2. The van der Waals surface area contributed by atoms with E-state index in [1.165, 1.54) is 16.1 Å². The van der Waals surface area contributed by atoms with Gasteiger partial charge in [-0.2, -0.15) is 9.27 Å². The number of thioether (sulfide) groups is 1. The number of ketones is 1. The molecular weight excluding hydrogens is 1220 g/mol. The average molecular weight is 1340 g/mol. The molecule has 0 saturated carbocycles. The fourth-order valence-electron chi connectivity index (χ4n) is 5.34. The van der Waals surface area contributed by atoms with E-state index in [2.05, 4.69) is 110 Å². The second kappa shape index (κ2) is 40.4. The summed E-state index contributed by atoms with van der Waals surface area (Å²) < 4.78 is 43.5. The Labute approximate surface area is 550 Å². The lowest BCUT2D eigenvalue weighted by Crippen LogP contribution is -2.33. The summed E-state index contributed by atoms with van der Waals surface area (Å²) in [6, 6.07) is 4.13. The molecule has 4 aromatic rings. The van der Waals surface area contributed by atoms with E-state index in [9.17, 15) is 32.5 Å². The van der Waals surface area contributed by atoms with E-state index in [0.717, 1.165) is 28.9 Å². The van der Waals surface area contributed by atoms with Gasteiger partial charge in [0.1, 0.15) is 11.5 Å². The lowest BCUT2D eigenvalue weighted by atomic mass is 9.73. The smallest absolute Gasteiger partial charge is 0.510 e. The largest absolute Gasteiger partial charge is 0.772 e. The van der Waals surface area contributed by atoms with Crippen LogP contribution in [0.5, 0.6) is 5.75 Å². The van der Waals surface area contributed by atoms with Crippen LogP contribution in [0.25, 0.3) is 0 Å². The summed E-state index contributed by atoms with van der Waals surface area (Å²) in [6.07, 6.45) is 3.09. The zero-order valence-corrected chi connectivity index (χ0v) is 59.7. The third-order valence-electron chi connectivity index (χ3n) is 10.3. The molecule has 2 aliphatic rings. The van der Waals surface area contributed by atoms with Gasteiger partial charge in [0.15, 0.2) is 22.9 Å². The number of allylic oxidation sites excluding steroid dienone is 2. The first-order chi connectivity index (χ1) is 36.8. The van der Waals surface area contributed by atoms with Gasteiger partial charge in [-0.15, -0.1) is 11.3 Å². The number of amides is 3. The predicted molar refractivity (Wildman–Crippen MR) is 376 cm³/mol. The number of aromatic hydroxyl groups is 1. The second-order valence-electron chi connectivity index (χ2n) is 28.6. The Morgan fingerprint density at radius 1 is 0.727 bits per heavy atom. The third kappa shape index (κ3) is 40.3. The summed E-state index contributed by atoms with van der Waals surface area (Å²) in [5, 5.41) is 32.9. The summed E-state index contributed by atoms with van der Waals surface area (Å²) in [5.41, 5.74) is 3.73. The number of hydrogen-bond donors (Lipinski definition) is 5. The van der Waals surface area contributed by atoms with Crippen LogP contribution >= 0.6 is 42.7 Å². The van der Waals surface area contributed by atoms with Crippen molar-refractivity contribution in [2.75, 3.05) is 7.05 Å². The number of aromatic nitrogens is 4. The summed E-state index contributed by atoms with van der Waals surface area (Å²) in [5.74, 6) is 0.583. The zero-order valence-electron chi connectivity index (χ0n) is 55.6. The normalized spacial score (nSPS) is 14.3. The number of imide groups is 1. The van der Waals surface area contributed by atoms with Crippen LogP contribution in [0.3, 0.4) is 0 Å². The minimum Gasteiger partial charge on any atom is -0.772 e. The number of Topliss-reactive ketones (excluding diaryl/α,β-unsaturated/α-hetero) is 1. The molecule has 0 aromatic carbocycles. The molecule has 3 atom stereocenters. The van der Waals surface area contributed by atoms with Gasteiger partial charge in [0.05, 0.1) is 21.6 Å². The number of aliphatic hydroxyl groups excluding tert-OH is 1. The van der Waals surface area contributed by atoms with Crippen LogP contribution in [-0.4, -0.2) is 88.6 Å². The number of thiazole rings is 1. The van der Waals surface area contributed by atoms with Crippen molar-refractivity contribution in [2.24, 2.45) is 16.2 Å². The van der Waals surface area contributed by atoms with Crippen molar-refractivity contribution < 1.29 is 56.7 Å². The second-order valence-corrected chi connectivity index (χ2v) is 35.0. The monoisotopic (exact) mass is 1340 g/mol. The van der Waals surface area contributed by atoms with E-state index < -0.39 is 29.0 Å². The van der Waals surface area contributed by atoms with Crippen molar-refractivity contribution in [1.82, 2.24) is 30.3 Å². The van der Waals surface area contributed by atoms with Gasteiger partial charge in [-0.3, -0.25) is 28.7 Å². The molecule has 23 heteroatoms. The predicted octanol–water partition coefficient (Wildman–Crippen LogP) is 18.7. The lowest BCUT2D eigenvalue weighted by Gasteiger charge is -2.31. The third-order valence-corrected chi connectivity index (χ3v) is 16.4. The topological polar surface area (TPSA) is 288 Å². The van der Waals surface area contributed by atoms with Crippen molar-refractivity contribution in [3.63, 3.8) is 0 Å². The fraction of sp³-hybridized carbons (Fsp3) is 0.692. The number of aryl methyl sites for hydroxylation is 2. The van der Waals surface area contributed by atoms with E-state index in [0.29, 0.717) is 16.8 Å². The molecule has 5 heterocycles. The maximum absolute atomic E-state index is 11.1. The van der Waals surface area contributed by atoms with E-state index in [1.54, 1.807) is 71.5 Å². The Kier molecular flexibility index (Phi) is 45.8. The SMILES string of the molecule is C.C.C.C.C.C=C1C(=O)C(O)=C1C(C)(C)C.CC(C)(C)C1SC(=O)NC1=O.CC(C)(C)S(=O)[O-].CC(C)(C)[P+](=O)O.CC(C)(C)c1nccs1.CC(C)(C)c1nocc1O.CNC(=O)C(C)(C)C.Cc1cc(C(C)(C)C)on1.Cc1cc(C(C)(C)C)sn1. The van der Waals surface area contributed by atoms with Crippen molar-refractivity contribution in [1.29, 1.82) is 0 Å². The molecule has 1 saturated heterocycles. The van der Waals surface area contributed by atoms with Crippen LogP contribution in [0, 0.1) is 30.1 Å². The lowest BCUT2D eigenvalue weighted by molar-refractivity contribution is -0.128. The number of carbonyl (C=O) groups is 4. The average Bonchev–Trinajstić information content (AvgIpc) is 4.15. The van der Waals surface area contributed by atoms with Gasteiger partial charge in [-0.25, -0.2) is 4.98 Å². The first-order valence-electron chi connectivity index (χ1n) is 26.8. The Morgan fingerprint density at radius 3 is 1.32 bits per heavy atom. The van der Waals surface area contributed by atoms with Gasteiger partial charge < -0.3 is 29.1 Å². The molecule has 1 fully saturated rings. The van der Waals surface area contributed by atoms with Crippen molar-refractivity contribution in [2.45, 2.75) is 275 Å². The molecular formula is C65H123N6O12PS4. The molecule has 88 heavy (non-hydrogen) atoms. The van der Waals surface area contributed by atoms with Crippen LogP contribution in [0.2, 0.25) is 0 Å². The maximum Gasteiger partial charge on any atom is 0.510 e. The molecule has 1 aliphatic heterocycles. The first kappa shape index (κ1) is 99.8. The van der Waals surface area contributed by atoms with Crippen molar-refractivity contribution in [3.05, 3.63) is 86.2 Å². The summed E-state index contributed by atoms with van der Waals surface area (Å²) in [7, 11) is -0.345. The molecule has 3 unspecified atom stereocenters. The van der Waals surface area contributed by atoms with Gasteiger partial charge in [0.25, 0.3) is 5.24 Å². The summed E-state index contributed by atoms with van der Waals surface area (Å²) in [6.45, 7) is 60.3. The van der Waals surface area contributed by atoms with E-state index in [4.69, 9.17) is 19.6 Å². The summed E-state index contributed by atoms with van der Waals surface area (Å²) in [4.78, 5) is 57.3. The minimum absolute atomic E-state index is 0. The Bertz CT molecular complexity index is 2660. The first-order valence-corrected chi connectivity index (χ1v) is 31.7. The molecule has 6 rings (SSSR count). The Balaban J connectivity index is -0.000000136. The van der Waals surface area contributed by atoms with Crippen molar-refractivity contribution >= 4 is 76.6 Å². The van der Waals surface area contributed by atoms with E-state index >= 15 is 0 Å². The van der Waals surface area contributed by atoms with Crippen LogP contribution in [0.15, 0.2) is 62.5 Å². The van der Waals surface area contributed by atoms with Crippen LogP contribution in [-0.2, 0) is 51.7 Å². The highest BCUT2D eigenvalue weighted by molar-refractivity contribution is 8.15. The fourth-order valence-corrected chi connectivity index (χ4v) is 7.75. The quantitative estimate of drug-likeness (QED) is 0.0621. The molecule has 0 radical (unpaired) electrons. The highest BCUT2D eigenvalue weighted by atomic mass is 32.2. The molecule has 4 aromatic heterocycles. The van der Waals surface area contributed by atoms with Crippen LogP contribution in [0.4, 0.5) is 4.79 Å². The van der Waals surface area contributed by atoms with Gasteiger partial charge in [-0.1, -0.05) is 211 Å². The van der Waals surface area contributed by atoms with Crippen LogP contribution in [0.1, 0.15) is 257 Å². The molecule has 5 N–H and O–H groups in total. The van der Waals surface area contributed by atoms with Gasteiger partial charge in [-0.05, 0) is 105 Å². The summed E-state index contributed by atoms with van der Waals surface area (Å²) >= 11 is 2.47. The molecule has 3 amide bonds. The van der Waals surface area contributed by atoms with E-state index in [-0.39, 0.29) is 115 Å². The number of aliphatic hydroxyl groups is 1. The number of hydrogen-bond acceptors (Lipinski definition) is 18. The minimum atomic E-state index is -1.99. The molecule has 0 spiro atoms. The van der Waals surface area contributed by atoms with Gasteiger partial charge in [0.2, 0.25) is 17.6 Å². The van der Waals surface area contributed by atoms with Crippen LogP contribution < -0.4 is 10.6 Å². The number of carbonyl (C=O) groups excluding carboxylic acids is 4. The number of nitrogens with zero attached hydrogens (tertiary/aromatic N) is 4. The van der Waals surface area contributed by atoms with Gasteiger partial charge >= 0.3 is 8.03 Å². The standard InChI is InChI=1S/C9H12O2.C8H13NO.C8H13NS.C7H11NO2S.C7H11NO2.C7H11NS.C6H13NO.C4H9O2P.C4H10O2S.5CH4/c1-5-6(9(2,3)4)8(11)7(5)10;2*1-6-5-7(10-9-6)8(2,3)4;1-7(2,3)4-5(9)8-6(10)11-4;1-7(2,3)6-5(9)4-10-8-6;1-7(2,3)6-8-4-5-9-6;1-6(2,3)5(8)7-4;2*1-4(2,3)7(5)6;;;;;/h11H,1H2,2-4H3;2*5H,1-4H3;4H,1-3H3,(H,8,9,10);4,9H,1-3H3;4-5H,1-3H3;1-4H3,(H,7,8);1-3H3;1-3H3,(H,5,6);5*1H4. The Hall–Kier alpha value is -4.44. The highest BCUT2D eigenvalue weighted by Crippen LogP contribution is 2.41. The Morgan fingerprint density at radius 2 is 1.18 bits per heavy atom. The highest BCUT2D eigenvalue weighted by Gasteiger charge is 2.40. The molecule has 18 nitrogen and oxygen atoms in total. The van der Waals surface area contributed by atoms with Crippen molar-refractivity contribution in [3.8, 4) is 5.75 Å².